The van der Waals surface area contributed by atoms with Crippen molar-refractivity contribution in [2.75, 3.05) is 33.2 Å². The smallest absolute Gasteiger partial charge is 0.0247 e. The van der Waals surface area contributed by atoms with Crippen LogP contribution < -0.4 is 5.32 Å². The summed E-state index contributed by atoms with van der Waals surface area (Å²) in [6.07, 6.45) is 5.71. The Morgan fingerprint density at radius 2 is 1.89 bits per heavy atom. The lowest BCUT2D eigenvalue weighted by Gasteiger charge is -2.48. The first-order valence-corrected chi connectivity index (χ1v) is 8.33. The minimum atomic E-state index is 0.742. The molecule has 0 amide bonds. The highest BCUT2D eigenvalue weighted by atomic mass is 15.3. The SMILES string of the molecule is CC(C)C1CNC(C2CC2)CN1C1CCCN(C)C1. The maximum absolute atomic E-state index is 3.84. The Balaban J connectivity index is 1.68. The lowest BCUT2D eigenvalue weighted by atomic mass is 9.92. The second-order valence-corrected chi connectivity index (χ2v) is 7.42. The molecule has 3 atom stereocenters. The van der Waals surface area contributed by atoms with Crippen molar-refractivity contribution in [2.24, 2.45) is 11.8 Å². The van der Waals surface area contributed by atoms with Gasteiger partial charge >= 0.3 is 0 Å². The molecule has 0 aromatic carbocycles. The fourth-order valence-corrected chi connectivity index (χ4v) is 4.08. The Kier molecular flexibility index (Phi) is 4.16. The molecule has 3 heteroatoms. The van der Waals surface area contributed by atoms with E-state index < -0.39 is 0 Å². The molecule has 3 rings (SSSR count). The van der Waals surface area contributed by atoms with E-state index in [4.69, 9.17) is 0 Å². The third kappa shape index (κ3) is 3.14. The molecule has 2 saturated heterocycles. The van der Waals surface area contributed by atoms with E-state index in [1.165, 1.54) is 51.9 Å². The van der Waals surface area contributed by atoms with Crippen LogP contribution in [-0.4, -0.2) is 61.2 Å². The zero-order chi connectivity index (χ0) is 13.4. The zero-order valence-electron chi connectivity index (χ0n) is 12.9. The highest BCUT2D eigenvalue weighted by Crippen LogP contribution is 2.35. The van der Waals surface area contributed by atoms with E-state index in [2.05, 4.69) is 36.0 Å². The second-order valence-electron chi connectivity index (χ2n) is 7.42. The Labute approximate surface area is 118 Å². The Bertz CT molecular complexity index is 300. The normalized spacial score (nSPS) is 38.8. The molecule has 3 aliphatic rings. The number of nitrogens with zero attached hydrogens (tertiary/aromatic N) is 2. The standard InChI is InChI=1S/C16H31N3/c1-12(2)16-9-17-15(13-6-7-13)11-19(16)14-5-4-8-18(3)10-14/h12-17H,4-11H2,1-3H3. The predicted octanol–water partition coefficient (Wildman–Crippen LogP) is 1.79. The summed E-state index contributed by atoms with van der Waals surface area (Å²) in [4.78, 5) is 5.40. The molecular formula is C16H31N3. The van der Waals surface area contributed by atoms with Gasteiger partial charge in [-0.15, -0.1) is 0 Å². The summed E-state index contributed by atoms with van der Waals surface area (Å²) in [5.74, 6) is 1.75. The van der Waals surface area contributed by atoms with Crippen LogP contribution in [0.4, 0.5) is 0 Å². The molecule has 3 fully saturated rings. The quantitative estimate of drug-likeness (QED) is 0.839. The van der Waals surface area contributed by atoms with Gasteiger partial charge in [-0.1, -0.05) is 13.8 Å². The molecular weight excluding hydrogens is 234 g/mol. The number of piperidine rings is 1. The topological polar surface area (TPSA) is 18.5 Å². The van der Waals surface area contributed by atoms with E-state index in [1.54, 1.807) is 0 Å². The largest absolute Gasteiger partial charge is 0.311 e. The highest BCUT2D eigenvalue weighted by Gasteiger charge is 2.40. The molecule has 0 bridgehead atoms. The summed E-state index contributed by atoms with van der Waals surface area (Å²) < 4.78 is 0. The molecule has 2 heterocycles. The average Bonchev–Trinajstić information content (AvgIpc) is 3.22. The van der Waals surface area contributed by atoms with Gasteiger partial charge in [0.2, 0.25) is 0 Å². The van der Waals surface area contributed by atoms with Gasteiger partial charge in [0.15, 0.2) is 0 Å². The maximum atomic E-state index is 3.84. The summed E-state index contributed by atoms with van der Waals surface area (Å²) in [7, 11) is 2.29. The van der Waals surface area contributed by atoms with Crippen molar-refractivity contribution >= 4 is 0 Å². The van der Waals surface area contributed by atoms with E-state index in [0.717, 1.165) is 30.0 Å². The molecule has 0 aromatic heterocycles. The van der Waals surface area contributed by atoms with Crippen molar-refractivity contribution in [1.29, 1.82) is 0 Å². The summed E-state index contributed by atoms with van der Waals surface area (Å²) >= 11 is 0. The Morgan fingerprint density at radius 3 is 2.53 bits per heavy atom. The van der Waals surface area contributed by atoms with E-state index >= 15 is 0 Å². The van der Waals surface area contributed by atoms with Crippen molar-refractivity contribution in [3.05, 3.63) is 0 Å². The van der Waals surface area contributed by atoms with Crippen LogP contribution >= 0.6 is 0 Å². The van der Waals surface area contributed by atoms with Crippen molar-refractivity contribution in [3.8, 4) is 0 Å². The van der Waals surface area contributed by atoms with E-state index in [0.29, 0.717) is 0 Å². The van der Waals surface area contributed by atoms with Gasteiger partial charge in [-0.2, -0.15) is 0 Å². The van der Waals surface area contributed by atoms with E-state index in [9.17, 15) is 0 Å². The van der Waals surface area contributed by atoms with Crippen molar-refractivity contribution in [2.45, 2.75) is 57.7 Å². The van der Waals surface area contributed by atoms with Crippen LogP contribution in [0.2, 0.25) is 0 Å². The first kappa shape index (κ1) is 13.8. The molecule has 1 aliphatic carbocycles. The fourth-order valence-electron chi connectivity index (χ4n) is 4.08. The van der Waals surface area contributed by atoms with Gasteiger partial charge in [-0.05, 0) is 51.1 Å². The number of piperazine rings is 1. The molecule has 1 saturated carbocycles. The van der Waals surface area contributed by atoms with Gasteiger partial charge < -0.3 is 10.2 Å². The van der Waals surface area contributed by atoms with E-state index in [1.807, 2.05) is 0 Å². The Hall–Kier alpha value is -0.120. The molecule has 3 unspecified atom stereocenters. The minimum Gasteiger partial charge on any atom is -0.311 e. The van der Waals surface area contributed by atoms with Crippen LogP contribution in [0.15, 0.2) is 0 Å². The van der Waals surface area contributed by atoms with Gasteiger partial charge in [0.1, 0.15) is 0 Å². The van der Waals surface area contributed by atoms with Gasteiger partial charge in [0.25, 0.3) is 0 Å². The number of hydrogen-bond acceptors (Lipinski definition) is 3. The number of nitrogens with one attached hydrogen (secondary N) is 1. The molecule has 19 heavy (non-hydrogen) atoms. The van der Waals surface area contributed by atoms with Crippen LogP contribution in [0.25, 0.3) is 0 Å². The fraction of sp³-hybridized carbons (Fsp3) is 1.00. The lowest BCUT2D eigenvalue weighted by Crippen LogP contribution is -2.63. The average molecular weight is 265 g/mol. The van der Waals surface area contributed by atoms with Crippen LogP contribution in [-0.2, 0) is 0 Å². The summed E-state index contributed by atoms with van der Waals surface area (Å²) in [5.41, 5.74) is 0. The summed E-state index contributed by atoms with van der Waals surface area (Å²) in [6, 6.07) is 2.32. The molecule has 0 aromatic rings. The number of likely N-dealkylation sites (N-methyl/N-ethyl adjacent to an activating group) is 1. The molecule has 3 nitrogen and oxygen atoms in total. The van der Waals surface area contributed by atoms with Crippen LogP contribution in [0.1, 0.15) is 39.5 Å². The van der Waals surface area contributed by atoms with Crippen molar-refractivity contribution in [1.82, 2.24) is 15.1 Å². The maximum Gasteiger partial charge on any atom is 0.0247 e. The van der Waals surface area contributed by atoms with Crippen LogP contribution in [0.5, 0.6) is 0 Å². The highest BCUT2D eigenvalue weighted by molar-refractivity contribution is 4.98. The number of rotatable bonds is 3. The monoisotopic (exact) mass is 265 g/mol. The zero-order valence-corrected chi connectivity index (χ0v) is 12.9. The van der Waals surface area contributed by atoms with Crippen LogP contribution in [0, 0.1) is 11.8 Å². The predicted molar refractivity (Wildman–Crippen MR) is 80.4 cm³/mol. The lowest BCUT2D eigenvalue weighted by molar-refractivity contribution is 0.0200. The molecule has 1 N–H and O–H groups in total. The number of likely N-dealkylation sites (tertiary alicyclic amines) is 1. The number of hydrogen-bond donors (Lipinski definition) is 1. The van der Waals surface area contributed by atoms with Crippen molar-refractivity contribution in [3.63, 3.8) is 0 Å². The minimum absolute atomic E-state index is 0.742. The molecule has 0 spiro atoms. The second kappa shape index (κ2) is 5.71. The summed E-state index contributed by atoms with van der Waals surface area (Å²) in [5, 5.41) is 3.84. The third-order valence-corrected chi connectivity index (χ3v) is 5.45. The third-order valence-electron chi connectivity index (χ3n) is 5.45. The first-order valence-electron chi connectivity index (χ1n) is 8.33. The van der Waals surface area contributed by atoms with Gasteiger partial charge in [0, 0.05) is 37.8 Å². The van der Waals surface area contributed by atoms with Crippen molar-refractivity contribution < 1.29 is 0 Å². The van der Waals surface area contributed by atoms with E-state index in [-0.39, 0.29) is 0 Å². The summed E-state index contributed by atoms with van der Waals surface area (Å²) in [6.45, 7) is 9.86. The van der Waals surface area contributed by atoms with Crippen LogP contribution in [0.3, 0.4) is 0 Å². The molecule has 2 aliphatic heterocycles. The van der Waals surface area contributed by atoms with Gasteiger partial charge in [-0.25, -0.2) is 0 Å². The van der Waals surface area contributed by atoms with Gasteiger partial charge in [-0.3, -0.25) is 4.90 Å². The molecule has 0 radical (unpaired) electrons. The molecule has 110 valence electrons. The first-order chi connectivity index (χ1) is 9.15. The Morgan fingerprint density at radius 1 is 1.11 bits per heavy atom. The van der Waals surface area contributed by atoms with Gasteiger partial charge in [0.05, 0.1) is 0 Å².